The van der Waals surface area contributed by atoms with Crippen LogP contribution in [0.5, 0.6) is 5.75 Å². The van der Waals surface area contributed by atoms with Crippen molar-refractivity contribution in [2.45, 2.75) is 19.8 Å². The van der Waals surface area contributed by atoms with E-state index in [1.54, 1.807) is 31.4 Å². The van der Waals surface area contributed by atoms with Crippen LogP contribution in [-0.2, 0) is 14.3 Å². The van der Waals surface area contributed by atoms with Crippen LogP contribution >= 0.6 is 11.8 Å². The second-order valence-electron chi connectivity index (χ2n) is 5.76. The average molecular weight is 379 g/mol. The van der Waals surface area contributed by atoms with Crippen LogP contribution in [-0.4, -0.2) is 61.0 Å². The maximum absolute atomic E-state index is 12.8. The third-order valence-corrected chi connectivity index (χ3v) is 4.86. The van der Waals surface area contributed by atoms with Gasteiger partial charge in [0.2, 0.25) is 0 Å². The molecule has 0 aromatic heterocycles. The Bertz CT molecular complexity index is 656. The Morgan fingerprint density at radius 1 is 1.12 bits per heavy atom. The molecular weight excluding hydrogens is 354 g/mol. The van der Waals surface area contributed by atoms with Gasteiger partial charge in [0.15, 0.2) is 0 Å². The summed E-state index contributed by atoms with van der Waals surface area (Å²) in [5, 5.41) is 9.11. The van der Waals surface area contributed by atoms with E-state index in [9.17, 15) is 9.59 Å². The minimum absolute atomic E-state index is 0.0591. The van der Waals surface area contributed by atoms with E-state index in [-0.39, 0.29) is 18.4 Å². The highest BCUT2D eigenvalue weighted by molar-refractivity contribution is 8.04. The number of carbonyl (C=O) groups excluding carboxylic acids is 2. The highest BCUT2D eigenvalue weighted by atomic mass is 32.2. The van der Waals surface area contributed by atoms with Crippen molar-refractivity contribution < 1.29 is 24.2 Å². The van der Waals surface area contributed by atoms with Crippen LogP contribution < -0.4 is 4.74 Å². The van der Waals surface area contributed by atoms with Gasteiger partial charge in [0.1, 0.15) is 5.75 Å². The molecular formula is C19H25NO5S. The first-order valence-corrected chi connectivity index (χ1v) is 9.68. The first-order valence-electron chi connectivity index (χ1n) is 8.70. The number of aliphatic hydroxyl groups excluding tert-OH is 1. The fourth-order valence-electron chi connectivity index (χ4n) is 2.60. The number of methoxy groups -OCH3 is 1. The number of imide groups is 1. The minimum atomic E-state index is -0.300. The molecule has 0 bridgehead atoms. The van der Waals surface area contributed by atoms with Crippen LogP contribution in [0, 0.1) is 0 Å². The van der Waals surface area contributed by atoms with Crippen LogP contribution in [0.15, 0.2) is 29.2 Å². The van der Waals surface area contributed by atoms with Crippen LogP contribution in [0.25, 0.3) is 5.57 Å². The van der Waals surface area contributed by atoms with Gasteiger partial charge in [-0.3, -0.25) is 14.5 Å². The molecule has 0 fully saturated rings. The zero-order valence-electron chi connectivity index (χ0n) is 15.2. The third kappa shape index (κ3) is 4.87. The normalized spacial score (nSPS) is 14.5. The largest absolute Gasteiger partial charge is 0.494 e. The summed E-state index contributed by atoms with van der Waals surface area (Å²) in [7, 11) is 1.59. The molecule has 1 heterocycles. The molecule has 0 saturated carbocycles. The van der Waals surface area contributed by atoms with Gasteiger partial charge < -0.3 is 14.6 Å². The molecule has 2 rings (SSSR count). The standard InChI is InChI=1S/C19H25NO5S/c1-3-11-25-15-7-5-14(6-8-15)16-17(26-13-10-21)19(23)20(18(16)22)9-4-12-24-2/h5-8,21H,3-4,9-13H2,1-2H3. The number of carbonyl (C=O) groups is 2. The van der Waals surface area contributed by atoms with Crippen LogP contribution in [0.3, 0.4) is 0 Å². The van der Waals surface area contributed by atoms with Crippen LogP contribution in [0.2, 0.25) is 0 Å². The molecule has 1 aromatic carbocycles. The van der Waals surface area contributed by atoms with Crippen molar-refractivity contribution in [3.8, 4) is 5.75 Å². The Hall–Kier alpha value is -1.83. The molecule has 0 atom stereocenters. The van der Waals surface area contributed by atoms with Gasteiger partial charge >= 0.3 is 0 Å². The molecule has 1 aliphatic rings. The summed E-state index contributed by atoms with van der Waals surface area (Å²) < 4.78 is 10.6. The van der Waals surface area contributed by atoms with Gasteiger partial charge in [-0.2, -0.15) is 0 Å². The van der Waals surface area contributed by atoms with Crippen molar-refractivity contribution in [2.75, 3.05) is 39.2 Å². The van der Waals surface area contributed by atoms with Crippen LogP contribution in [0.4, 0.5) is 0 Å². The lowest BCUT2D eigenvalue weighted by Crippen LogP contribution is -2.33. The Balaban J connectivity index is 2.26. The zero-order valence-corrected chi connectivity index (χ0v) is 16.0. The summed E-state index contributed by atoms with van der Waals surface area (Å²) in [5.74, 6) is 0.496. The van der Waals surface area contributed by atoms with Crippen LogP contribution in [0.1, 0.15) is 25.3 Å². The smallest absolute Gasteiger partial charge is 0.267 e. The first kappa shape index (κ1) is 20.5. The molecule has 1 N–H and O–H groups in total. The monoisotopic (exact) mass is 379 g/mol. The van der Waals surface area contributed by atoms with Gasteiger partial charge in [0.05, 0.1) is 23.7 Å². The summed E-state index contributed by atoms with van der Waals surface area (Å²) in [4.78, 5) is 27.2. The molecule has 26 heavy (non-hydrogen) atoms. The second kappa shape index (κ2) is 10.4. The lowest BCUT2D eigenvalue weighted by atomic mass is 10.1. The number of hydrogen-bond acceptors (Lipinski definition) is 6. The average Bonchev–Trinajstić information content (AvgIpc) is 2.89. The van der Waals surface area contributed by atoms with Gasteiger partial charge in [-0.15, -0.1) is 11.8 Å². The van der Waals surface area contributed by atoms with E-state index in [1.165, 1.54) is 16.7 Å². The Labute approximate surface area is 158 Å². The number of nitrogens with zero attached hydrogens (tertiary/aromatic N) is 1. The summed E-state index contributed by atoms with van der Waals surface area (Å²) in [6.07, 6.45) is 1.50. The number of benzene rings is 1. The van der Waals surface area contributed by atoms with Crippen molar-refractivity contribution in [1.82, 2.24) is 4.90 Å². The van der Waals surface area contributed by atoms with Gasteiger partial charge in [-0.25, -0.2) is 0 Å². The van der Waals surface area contributed by atoms with E-state index in [0.717, 1.165) is 12.2 Å². The summed E-state index contributed by atoms with van der Waals surface area (Å²) >= 11 is 1.21. The molecule has 0 aliphatic carbocycles. The van der Waals surface area contributed by atoms with Gasteiger partial charge in [0.25, 0.3) is 11.8 Å². The Morgan fingerprint density at radius 2 is 1.85 bits per heavy atom. The number of rotatable bonds is 11. The quantitative estimate of drug-likeness (QED) is 0.470. The highest BCUT2D eigenvalue weighted by Gasteiger charge is 2.38. The topological polar surface area (TPSA) is 76.1 Å². The van der Waals surface area contributed by atoms with E-state index in [4.69, 9.17) is 14.6 Å². The molecule has 0 spiro atoms. The Kier molecular flexibility index (Phi) is 8.15. The van der Waals surface area contributed by atoms with Gasteiger partial charge in [-0.1, -0.05) is 19.1 Å². The van der Waals surface area contributed by atoms with E-state index in [0.29, 0.717) is 48.0 Å². The Morgan fingerprint density at radius 3 is 2.46 bits per heavy atom. The molecule has 0 saturated heterocycles. The predicted octanol–water partition coefficient (Wildman–Crippen LogP) is 2.32. The van der Waals surface area contributed by atoms with E-state index in [1.807, 2.05) is 6.92 Å². The fourth-order valence-corrected chi connectivity index (χ4v) is 3.48. The molecule has 0 radical (unpaired) electrons. The number of aliphatic hydroxyl groups is 1. The number of ether oxygens (including phenoxy) is 2. The number of hydrogen-bond donors (Lipinski definition) is 1. The molecule has 1 aromatic rings. The van der Waals surface area contributed by atoms with E-state index >= 15 is 0 Å². The van der Waals surface area contributed by atoms with Crippen molar-refractivity contribution in [3.05, 3.63) is 34.7 Å². The predicted molar refractivity (Wildman–Crippen MR) is 102 cm³/mol. The van der Waals surface area contributed by atoms with E-state index in [2.05, 4.69) is 0 Å². The second-order valence-corrected chi connectivity index (χ2v) is 6.86. The molecule has 7 heteroatoms. The SMILES string of the molecule is CCCOc1ccc(C2=C(SCCO)C(=O)N(CCCOC)C2=O)cc1. The lowest BCUT2D eigenvalue weighted by Gasteiger charge is -2.14. The summed E-state index contributed by atoms with van der Waals surface area (Å²) in [6, 6.07) is 7.20. The van der Waals surface area contributed by atoms with Crippen molar-refractivity contribution in [2.24, 2.45) is 0 Å². The maximum Gasteiger partial charge on any atom is 0.267 e. The minimum Gasteiger partial charge on any atom is -0.494 e. The third-order valence-electron chi connectivity index (χ3n) is 3.81. The fraction of sp³-hybridized carbons (Fsp3) is 0.474. The molecule has 1 aliphatic heterocycles. The maximum atomic E-state index is 12.8. The van der Waals surface area contributed by atoms with Crippen molar-refractivity contribution >= 4 is 29.1 Å². The highest BCUT2D eigenvalue weighted by Crippen LogP contribution is 2.36. The zero-order chi connectivity index (χ0) is 18.9. The number of thioether (sulfide) groups is 1. The van der Waals surface area contributed by atoms with Crippen molar-refractivity contribution in [3.63, 3.8) is 0 Å². The summed E-state index contributed by atoms with van der Waals surface area (Å²) in [5.41, 5.74) is 1.08. The molecule has 6 nitrogen and oxygen atoms in total. The lowest BCUT2D eigenvalue weighted by molar-refractivity contribution is -0.136. The van der Waals surface area contributed by atoms with Crippen molar-refractivity contribution in [1.29, 1.82) is 0 Å². The molecule has 2 amide bonds. The van der Waals surface area contributed by atoms with Gasteiger partial charge in [0, 0.05) is 26.0 Å². The summed E-state index contributed by atoms with van der Waals surface area (Å²) in [6.45, 7) is 3.40. The van der Waals surface area contributed by atoms with Gasteiger partial charge in [-0.05, 0) is 30.5 Å². The molecule has 0 unspecified atom stereocenters. The first-order chi connectivity index (χ1) is 12.6. The van der Waals surface area contributed by atoms with E-state index < -0.39 is 0 Å². The molecule has 142 valence electrons. The number of amides is 2.